The van der Waals surface area contributed by atoms with E-state index in [4.69, 9.17) is 9.47 Å². The first-order chi connectivity index (χ1) is 7.77. The van der Waals surface area contributed by atoms with Gasteiger partial charge in [0.05, 0.1) is 4.47 Å². The Morgan fingerprint density at radius 3 is 3.06 bits per heavy atom. The molecule has 86 valence electrons. The van der Waals surface area contributed by atoms with Gasteiger partial charge in [-0.05, 0) is 40.5 Å². The van der Waals surface area contributed by atoms with Gasteiger partial charge in [-0.25, -0.2) is 4.39 Å². The van der Waals surface area contributed by atoms with Gasteiger partial charge in [-0.15, -0.1) is 0 Å². The predicted molar refractivity (Wildman–Crippen MR) is 60.5 cm³/mol. The van der Waals surface area contributed by atoms with Crippen molar-refractivity contribution in [1.29, 1.82) is 0 Å². The van der Waals surface area contributed by atoms with E-state index in [1.165, 1.54) is 0 Å². The average Bonchev–Trinajstić information content (AvgIpc) is 2.92. The predicted octanol–water partition coefficient (Wildman–Crippen LogP) is 2.39. The summed E-state index contributed by atoms with van der Waals surface area (Å²) in [4.78, 5) is 0. The van der Waals surface area contributed by atoms with Crippen molar-refractivity contribution in [3.05, 3.63) is 21.9 Å². The molecule has 2 aliphatic rings. The molecule has 0 amide bonds. The fraction of sp³-hybridized carbons (Fsp3) is 0.455. The Hall–Kier alpha value is -0.810. The Balaban J connectivity index is 2.08. The minimum absolute atomic E-state index is 0.166. The van der Waals surface area contributed by atoms with Crippen LogP contribution in [0.3, 0.4) is 0 Å². The summed E-state index contributed by atoms with van der Waals surface area (Å²) >= 11 is 3.23. The molecule has 1 fully saturated rings. The third kappa shape index (κ3) is 1.50. The number of rotatable bonds is 1. The molecule has 1 saturated heterocycles. The molecule has 1 N–H and O–H groups in total. The molecular weight excluding hydrogens is 277 g/mol. The molecule has 2 aliphatic heterocycles. The van der Waals surface area contributed by atoms with E-state index >= 15 is 0 Å². The van der Waals surface area contributed by atoms with Crippen LogP contribution in [-0.4, -0.2) is 19.9 Å². The van der Waals surface area contributed by atoms with Gasteiger partial charge in [0.1, 0.15) is 5.82 Å². The van der Waals surface area contributed by atoms with Gasteiger partial charge in [-0.2, -0.15) is 0 Å². The van der Waals surface area contributed by atoms with Crippen LogP contribution in [0.15, 0.2) is 10.5 Å². The smallest absolute Gasteiger partial charge is 0.231 e. The minimum atomic E-state index is -0.224. The van der Waals surface area contributed by atoms with E-state index in [1.807, 2.05) is 0 Å². The zero-order chi connectivity index (χ0) is 11.1. The van der Waals surface area contributed by atoms with E-state index in [-0.39, 0.29) is 18.5 Å². The van der Waals surface area contributed by atoms with Crippen molar-refractivity contribution in [1.82, 2.24) is 5.32 Å². The lowest BCUT2D eigenvalue weighted by atomic mass is 9.97. The fourth-order valence-electron chi connectivity index (χ4n) is 2.22. The highest BCUT2D eigenvalue weighted by Crippen LogP contribution is 2.44. The maximum atomic E-state index is 14.1. The lowest BCUT2D eigenvalue weighted by Crippen LogP contribution is -2.09. The molecule has 1 aromatic carbocycles. The summed E-state index contributed by atoms with van der Waals surface area (Å²) in [5.74, 6) is 1.12. The summed E-state index contributed by atoms with van der Waals surface area (Å²) in [6.07, 6.45) is 0.961. The molecule has 3 nitrogen and oxygen atoms in total. The summed E-state index contributed by atoms with van der Waals surface area (Å²) in [5.41, 5.74) is 0.709. The molecule has 1 aromatic rings. The first kappa shape index (κ1) is 10.4. The van der Waals surface area contributed by atoms with Gasteiger partial charge in [0.15, 0.2) is 11.5 Å². The highest BCUT2D eigenvalue weighted by atomic mass is 79.9. The number of fused-ring (bicyclic) bond motifs is 1. The van der Waals surface area contributed by atoms with Crippen molar-refractivity contribution < 1.29 is 13.9 Å². The molecule has 5 heteroatoms. The largest absolute Gasteiger partial charge is 0.454 e. The summed E-state index contributed by atoms with van der Waals surface area (Å²) in [5, 5.41) is 3.23. The maximum Gasteiger partial charge on any atom is 0.231 e. The lowest BCUT2D eigenvalue weighted by molar-refractivity contribution is 0.173. The number of halogens is 2. The highest BCUT2D eigenvalue weighted by Gasteiger charge is 2.28. The first-order valence-corrected chi connectivity index (χ1v) is 6.05. The second-order valence-corrected chi connectivity index (χ2v) is 4.81. The first-order valence-electron chi connectivity index (χ1n) is 5.25. The van der Waals surface area contributed by atoms with Crippen LogP contribution in [-0.2, 0) is 0 Å². The van der Waals surface area contributed by atoms with Gasteiger partial charge in [0.25, 0.3) is 0 Å². The quantitative estimate of drug-likeness (QED) is 0.860. The summed E-state index contributed by atoms with van der Waals surface area (Å²) in [7, 11) is 0. The van der Waals surface area contributed by atoms with E-state index in [1.54, 1.807) is 6.07 Å². The van der Waals surface area contributed by atoms with E-state index < -0.39 is 0 Å². The molecule has 0 bridgehead atoms. The number of nitrogens with one attached hydrogen (secondary N) is 1. The molecule has 1 atom stereocenters. The Morgan fingerprint density at radius 1 is 1.44 bits per heavy atom. The number of benzene rings is 1. The monoisotopic (exact) mass is 287 g/mol. The Kier molecular flexibility index (Phi) is 2.52. The van der Waals surface area contributed by atoms with Gasteiger partial charge in [0.2, 0.25) is 6.79 Å². The zero-order valence-electron chi connectivity index (χ0n) is 8.56. The van der Waals surface area contributed by atoms with Crippen LogP contribution >= 0.6 is 15.9 Å². The Labute approximate surface area is 101 Å². The van der Waals surface area contributed by atoms with Crippen molar-refractivity contribution in [2.45, 2.75) is 12.3 Å². The topological polar surface area (TPSA) is 30.5 Å². The third-order valence-corrected chi connectivity index (χ3v) is 3.78. The average molecular weight is 288 g/mol. The molecule has 0 spiro atoms. The van der Waals surface area contributed by atoms with Crippen LogP contribution in [0.5, 0.6) is 11.5 Å². The highest BCUT2D eigenvalue weighted by molar-refractivity contribution is 9.10. The summed E-state index contributed by atoms with van der Waals surface area (Å²) in [6.45, 7) is 1.93. The molecular formula is C11H11BrFNO2. The van der Waals surface area contributed by atoms with Crippen LogP contribution in [0.4, 0.5) is 4.39 Å². The van der Waals surface area contributed by atoms with Crippen LogP contribution in [0.1, 0.15) is 17.9 Å². The van der Waals surface area contributed by atoms with Gasteiger partial charge in [-0.1, -0.05) is 0 Å². The lowest BCUT2D eigenvalue weighted by Gasteiger charge is -2.12. The second-order valence-electron chi connectivity index (χ2n) is 4.02. The zero-order valence-corrected chi connectivity index (χ0v) is 10.1. The van der Waals surface area contributed by atoms with Crippen molar-refractivity contribution in [3.63, 3.8) is 0 Å². The summed E-state index contributed by atoms with van der Waals surface area (Å²) in [6, 6.07) is 1.76. The molecule has 0 aliphatic carbocycles. The van der Waals surface area contributed by atoms with E-state index in [2.05, 4.69) is 21.2 Å². The molecule has 3 rings (SSSR count). The fourth-order valence-corrected chi connectivity index (χ4v) is 2.75. The van der Waals surface area contributed by atoms with Crippen LogP contribution < -0.4 is 14.8 Å². The van der Waals surface area contributed by atoms with Gasteiger partial charge in [-0.3, -0.25) is 0 Å². The van der Waals surface area contributed by atoms with E-state index in [0.717, 1.165) is 19.5 Å². The molecule has 0 aromatic heterocycles. The van der Waals surface area contributed by atoms with Crippen LogP contribution in [0.2, 0.25) is 0 Å². The number of hydrogen-bond donors (Lipinski definition) is 1. The Morgan fingerprint density at radius 2 is 2.31 bits per heavy atom. The van der Waals surface area contributed by atoms with Crippen molar-refractivity contribution >= 4 is 15.9 Å². The number of hydrogen-bond acceptors (Lipinski definition) is 3. The summed E-state index contributed by atoms with van der Waals surface area (Å²) < 4.78 is 25.0. The molecule has 0 saturated carbocycles. The van der Waals surface area contributed by atoms with Crippen molar-refractivity contribution in [2.24, 2.45) is 0 Å². The molecule has 2 heterocycles. The maximum absolute atomic E-state index is 14.1. The van der Waals surface area contributed by atoms with Gasteiger partial charge < -0.3 is 14.8 Å². The standard InChI is InChI=1S/C11H11BrFNO2/c12-9-10(13)7(6-1-2-14-4-6)3-8-11(9)16-5-15-8/h3,6,14H,1-2,4-5H2. The normalized spacial score (nSPS) is 22.8. The van der Waals surface area contributed by atoms with Crippen LogP contribution in [0.25, 0.3) is 0 Å². The molecule has 0 radical (unpaired) electrons. The third-order valence-electron chi connectivity index (χ3n) is 3.07. The number of ether oxygens (including phenoxy) is 2. The van der Waals surface area contributed by atoms with Crippen molar-refractivity contribution in [2.75, 3.05) is 19.9 Å². The van der Waals surface area contributed by atoms with Crippen LogP contribution in [0, 0.1) is 5.82 Å². The van der Waals surface area contributed by atoms with Crippen molar-refractivity contribution in [3.8, 4) is 11.5 Å². The SMILES string of the molecule is Fc1c(C2CCNC2)cc2c(c1Br)OCO2. The second kappa shape index (κ2) is 3.89. The van der Waals surface area contributed by atoms with E-state index in [0.29, 0.717) is 21.5 Å². The minimum Gasteiger partial charge on any atom is -0.454 e. The Bertz CT molecular complexity index is 432. The molecule has 1 unspecified atom stereocenters. The van der Waals surface area contributed by atoms with Gasteiger partial charge in [0, 0.05) is 12.5 Å². The van der Waals surface area contributed by atoms with E-state index in [9.17, 15) is 4.39 Å². The van der Waals surface area contributed by atoms with Gasteiger partial charge >= 0.3 is 0 Å². The molecule has 16 heavy (non-hydrogen) atoms.